The minimum absolute atomic E-state index is 0.108. The van der Waals surface area contributed by atoms with Gasteiger partial charge in [0.25, 0.3) is 0 Å². The molecule has 10 nitrogen and oxygen atoms in total. The summed E-state index contributed by atoms with van der Waals surface area (Å²) in [4.78, 5) is 2.27. The molecular weight excluding hydrogens is 494 g/mol. The zero-order valence-electron chi connectivity index (χ0n) is 19.8. The number of nitrogens with one attached hydrogen (secondary N) is 1. The molecule has 2 aromatic rings. The van der Waals surface area contributed by atoms with Gasteiger partial charge < -0.3 is 19.1 Å². The number of hydrogen-bond acceptors (Lipinski definition) is 8. The first-order valence-corrected chi connectivity index (χ1v) is 14.4. The molecule has 2 aliphatic heterocycles. The van der Waals surface area contributed by atoms with Crippen LogP contribution < -0.4 is 19.1 Å². The number of nitrogens with zero attached hydrogens (tertiary/aromatic N) is 2. The monoisotopic (exact) mass is 525 g/mol. The van der Waals surface area contributed by atoms with E-state index >= 15 is 0 Å². The number of rotatable bonds is 9. The van der Waals surface area contributed by atoms with Crippen LogP contribution in [0.15, 0.2) is 52.3 Å². The Morgan fingerprint density at radius 2 is 1.63 bits per heavy atom. The highest BCUT2D eigenvalue weighted by Gasteiger charge is 2.30. The molecule has 12 heteroatoms. The van der Waals surface area contributed by atoms with E-state index in [9.17, 15) is 16.8 Å². The van der Waals surface area contributed by atoms with Gasteiger partial charge in [0.05, 0.1) is 35.8 Å². The normalized spacial score (nSPS) is 19.6. The van der Waals surface area contributed by atoms with Crippen LogP contribution in [0, 0.1) is 0 Å². The molecule has 2 saturated heterocycles. The van der Waals surface area contributed by atoms with Crippen molar-refractivity contribution in [2.75, 3.05) is 58.5 Å². The first-order chi connectivity index (χ1) is 16.7. The molecule has 0 bridgehead atoms. The molecule has 2 fully saturated rings. The number of hydrogen-bond donors (Lipinski definition) is 1. The van der Waals surface area contributed by atoms with Crippen molar-refractivity contribution < 1.29 is 31.0 Å². The molecule has 1 atom stereocenters. The molecule has 1 N–H and O–H groups in total. The van der Waals surface area contributed by atoms with Crippen LogP contribution in [-0.2, 0) is 24.8 Å². The number of piperazine rings is 1. The number of ether oxygens (including phenoxy) is 3. The summed E-state index contributed by atoms with van der Waals surface area (Å²) in [5.74, 6) is 1.11. The van der Waals surface area contributed by atoms with Gasteiger partial charge in [0, 0.05) is 39.3 Å². The van der Waals surface area contributed by atoms with Gasteiger partial charge in [0.2, 0.25) is 20.0 Å². The largest absolute Gasteiger partial charge is 0.497 e. The van der Waals surface area contributed by atoms with Gasteiger partial charge in [-0.3, -0.25) is 0 Å². The summed E-state index contributed by atoms with van der Waals surface area (Å²) in [6, 6.07) is 11.0. The van der Waals surface area contributed by atoms with Crippen LogP contribution in [0.1, 0.15) is 12.8 Å². The molecule has 0 unspecified atom stereocenters. The van der Waals surface area contributed by atoms with Gasteiger partial charge >= 0.3 is 0 Å². The van der Waals surface area contributed by atoms with Crippen molar-refractivity contribution in [2.24, 2.45) is 0 Å². The Labute approximate surface area is 206 Å². The van der Waals surface area contributed by atoms with Gasteiger partial charge in [-0.15, -0.1) is 0 Å². The minimum atomic E-state index is -3.74. The second-order valence-electron chi connectivity index (χ2n) is 8.39. The van der Waals surface area contributed by atoms with E-state index in [1.54, 1.807) is 24.3 Å². The smallest absolute Gasteiger partial charge is 0.243 e. The highest BCUT2D eigenvalue weighted by Crippen LogP contribution is 2.32. The maximum atomic E-state index is 13.1. The molecule has 0 radical (unpaired) electrons. The molecule has 0 aliphatic carbocycles. The van der Waals surface area contributed by atoms with Crippen LogP contribution in [0.5, 0.6) is 11.5 Å². The molecule has 2 aromatic carbocycles. The maximum absolute atomic E-state index is 13.1. The second kappa shape index (κ2) is 10.7. The van der Waals surface area contributed by atoms with E-state index in [4.69, 9.17) is 14.2 Å². The third-order valence-electron chi connectivity index (χ3n) is 6.26. The van der Waals surface area contributed by atoms with Crippen molar-refractivity contribution in [3.63, 3.8) is 0 Å². The van der Waals surface area contributed by atoms with E-state index in [1.807, 2.05) is 4.90 Å². The first kappa shape index (κ1) is 25.7. The van der Waals surface area contributed by atoms with Crippen molar-refractivity contribution >= 4 is 25.7 Å². The van der Waals surface area contributed by atoms with Gasteiger partial charge in [-0.25, -0.2) is 21.6 Å². The lowest BCUT2D eigenvalue weighted by atomic mass is 10.2. The Bertz CT molecular complexity index is 1220. The van der Waals surface area contributed by atoms with Gasteiger partial charge in [-0.05, 0) is 55.3 Å². The third kappa shape index (κ3) is 5.72. The summed E-state index contributed by atoms with van der Waals surface area (Å²) in [7, 11) is -4.35. The van der Waals surface area contributed by atoms with E-state index in [0.717, 1.165) is 12.8 Å². The molecule has 35 heavy (non-hydrogen) atoms. The fourth-order valence-electron chi connectivity index (χ4n) is 4.24. The van der Waals surface area contributed by atoms with E-state index in [-0.39, 0.29) is 35.5 Å². The lowest BCUT2D eigenvalue weighted by molar-refractivity contribution is 0.114. The average molecular weight is 526 g/mol. The van der Waals surface area contributed by atoms with Crippen molar-refractivity contribution in [3.8, 4) is 11.5 Å². The second-order valence-corrected chi connectivity index (χ2v) is 12.1. The van der Waals surface area contributed by atoms with E-state index < -0.39 is 20.0 Å². The molecule has 4 rings (SSSR count). The van der Waals surface area contributed by atoms with E-state index in [2.05, 4.69) is 4.72 Å². The van der Waals surface area contributed by atoms with Crippen LogP contribution >= 0.6 is 0 Å². The lowest BCUT2D eigenvalue weighted by Crippen LogP contribution is -2.48. The highest BCUT2D eigenvalue weighted by molar-refractivity contribution is 7.89. The standard InChI is InChI=1S/C23H31N3O7S2/c1-31-18-5-7-20(8-6-18)35(29,30)26-13-11-25(12-14-26)22-16-21(9-10-23(22)32-2)34(27,28)24-17-19-4-3-15-33-19/h5-10,16,19,24H,3-4,11-15,17H2,1-2H3/t19-/m1/s1. The van der Waals surface area contributed by atoms with Crippen molar-refractivity contribution in [1.29, 1.82) is 0 Å². The van der Waals surface area contributed by atoms with E-state index in [1.165, 1.54) is 36.7 Å². The third-order valence-corrected chi connectivity index (χ3v) is 9.60. The average Bonchev–Trinajstić information content (AvgIpc) is 3.41. The molecule has 0 amide bonds. The van der Waals surface area contributed by atoms with Gasteiger partial charge in [-0.1, -0.05) is 0 Å². The Balaban J connectivity index is 1.47. The Morgan fingerprint density at radius 1 is 0.943 bits per heavy atom. The van der Waals surface area contributed by atoms with Crippen LogP contribution in [0.2, 0.25) is 0 Å². The van der Waals surface area contributed by atoms with Crippen molar-refractivity contribution in [1.82, 2.24) is 9.03 Å². The lowest BCUT2D eigenvalue weighted by Gasteiger charge is -2.36. The molecule has 0 spiro atoms. The Kier molecular flexibility index (Phi) is 7.86. The van der Waals surface area contributed by atoms with E-state index in [0.29, 0.717) is 36.9 Å². The van der Waals surface area contributed by atoms with Crippen LogP contribution in [0.4, 0.5) is 5.69 Å². The summed E-state index contributed by atoms with van der Waals surface area (Å²) in [6.45, 7) is 2.17. The Hall–Kier alpha value is -2.38. The van der Waals surface area contributed by atoms with Gasteiger partial charge in [0.1, 0.15) is 11.5 Å². The summed E-state index contributed by atoms with van der Waals surface area (Å²) in [5, 5.41) is 0. The summed E-state index contributed by atoms with van der Waals surface area (Å²) in [5.41, 5.74) is 0.606. The van der Waals surface area contributed by atoms with Gasteiger partial charge in [-0.2, -0.15) is 4.31 Å². The van der Waals surface area contributed by atoms with Gasteiger partial charge in [0.15, 0.2) is 0 Å². The zero-order valence-corrected chi connectivity index (χ0v) is 21.5. The summed E-state index contributed by atoms with van der Waals surface area (Å²) >= 11 is 0. The van der Waals surface area contributed by atoms with Crippen LogP contribution in [-0.4, -0.2) is 80.8 Å². The fourth-order valence-corrected chi connectivity index (χ4v) is 6.75. The summed E-state index contributed by atoms with van der Waals surface area (Å²) in [6.07, 6.45) is 1.66. The number of anilines is 1. The zero-order chi connectivity index (χ0) is 25.1. The number of sulfonamides is 2. The van der Waals surface area contributed by atoms with Crippen LogP contribution in [0.3, 0.4) is 0 Å². The minimum Gasteiger partial charge on any atom is -0.497 e. The molecule has 2 heterocycles. The predicted molar refractivity (Wildman–Crippen MR) is 131 cm³/mol. The topological polar surface area (TPSA) is 114 Å². The van der Waals surface area contributed by atoms with Crippen molar-refractivity contribution in [2.45, 2.75) is 28.7 Å². The first-order valence-electron chi connectivity index (χ1n) is 11.4. The fraction of sp³-hybridized carbons (Fsp3) is 0.478. The highest BCUT2D eigenvalue weighted by atomic mass is 32.2. The molecule has 0 aromatic heterocycles. The maximum Gasteiger partial charge on any atom is 0.243 e. The summed E-state index contributed by atoms with van der Waals surface area (Å²) < 4.78 is 72.0. The molecule has 192 valence electrons. The Morgan fingerprint density at radius 3 is 2.23 bits per heavy atom. The molecule has 0 saturated carbocycles. The van der Waals surface area contributed by atoms with Crippen LogP contribution in [0.25, 0.3) is 0 Å². The number of methoxy groups -OCH3 is 2. The molecule has 2 aliphatic rings. The quantitative estimate of drug-likeness (QED) is 0.526. The van der Waals surface area contributed by atoms with Crippen molar-refractivity contribution in [3.05, 3.63) is 42.5 Å². The SMILES string of the molecule is COc1ccc(S(=O)(=O)N2CCN(c3cc(S(=O)(=O)NC[C@H]4CCCO4)ccc3OC)CC2)cc1. The predicted octanol–water partition coefficient (Wildman–Crippen LogP) is 1.67. The number of benzene rings is 2. The molecular formula is C23H31N3O7S2.